The summed E-state index contributed by atoms with van der Waals surface area (Å²) in [5.74, 6) is -0.148. The van der Waals surface area contributed by atoms with Crippen molar-refractivity contribution in [3.63, 3.8) is 0 Å². The zero-order chi connectivity index (χ0) is 14.0. The third-order valence-electron chi connectivity index (χ3n) is 3.28. The Hall–Kier alpha value is -2.04. The number of amides is 2. The summed E-state index contributed by atoms with van der Waals surface area (Å²) < 4.78 is 0. The van der Waals surface area contributed by atoms with E-state index in [9.17, 15) is 9.59 Å². The highest BCUT2D eigenvalue weighted by atomic mass is 16.2. The molecule has 2 rings (SSSR count). The van der Waals surface area contributed by atoms with E-state index in [-0.39, 0.29) is 17.7 Å². The van der Waals surface area contributed by atoms with Gasteiger partial charge in [-0.2, -0.15) is 0 Å². The zero-order valence-electron chi connectivity index (χ0n) is 11.2. The molecule has 1 aliphatic heterocycles. The van der Waals surface area contributed by atoms with Crippen molar-refractivity contribution < 1.29 is 9.59 Å². The van der Waals surface area contributed by atoms with Gasteiger partial charge < -0.3 is 16.0 Å². The fourth-order valence-electron chi connectivity index (χ4n) is 2.41. The molecule has 1 unspecified atom stereocenters. The third-order valence-corrected chi connectivity index (χ3v) is 3.28. The van der Waals surface area contributed by atoms with Gasteiger partial charge in [-0.05, 0) is 24.1 Å². The van der Waals surface area contributed by atoms with Crippen LogP contribution >= 0.6 is 0 Å². The number of rotatable bonds is 2. The van der Waals surface area contributed by atoms with E-state index in [0.29, 0.717) is 24.3 Å². The van der Waals surface area contributed by atoms with Gasteiger partial charge in [0.05, 0.1) is 0 Å². The number of hydrogen-bond donors (Lipinski definition) is 2. The molecule has 1 aromatic rings. The number of anilines is 1. The summed E-state index contributed by atoms with van der Waals surface area (Å²) in [7, 11) is 0. The Kier molecular flexibility index (Phi) is 3.74. The molecule has 5 nitrogen and oxygen atoms in total. The standard InChI is InChI=1S/C14H19N3O2/c1-9(2)12-13(18)16-6-7-17(12)14(19)10-4-3-5-11(15)8-10/h3-5,8-9,12H,6-7,15H2,1-2H3,(H,16,18). The van der Waals surface area contributed by atoms with Gasteiger partial charge in [-0.3, -0.25) is 9.59 Å². The predicted molar refractivity (Wildman–Crippen MR) is 73.5 cm³/mol. The number of hydrogen-bond acceptors (Lipinski definition) is 3. The number of nitrogen functional groups attached to an aromatic ring is 1. The molecule has 1 atom stereocenters. The van der Waals surface area contributed by atoms with Crippen LogP contribution in [0.3, 0.4) is 0 Å². The molecule has 0 bridgehead atoms. The number of carbonyl (C=O) groups excluding carboxylic acids is 2. The summed E-state index contributed by atoms with van der Waals surface area (Å²) in [5, 5.41) is 2.80. The molecular formula is C14H19N3O2. The molecule has 1 saturated heterocycles. The van der Waals surface area contributed by atoms with E-state index in [1.807, 2.05) is 13.8 Å². The topological polar surface area (TPSA) is 75.4 Å². The van der Waals surface area contributed by atoms with E-state index in [2.05, 4.69) is 5.32 Å². The predicted octanol–water partition coefficient (Wildman–Crippen LogP) is 0.865. The molecule has 102 valence electrons. The van der Waals surface area contributed by atoms with Crippen molar-refractivity contribution in [1.29, 1.82) is 0 Å². The van der Waals surface area contributed by atoms with Crippen molar-refractivity contribution in [2.24, 2.45) is 5.92 Å². The van der Waals surface area contributed by atoms with Crippen LogP contribution in [-0.2, 0) is 4.79 Å². The molecule has 3 N–H and O–H groups in total. The maximum atomic E-state index is 12.5. The largest absolute Gasteiger partial charge is 0.399 e. The average Bonchev–Trinajstić information content (AvgIpc) is 2.37. The molecule has 0 saturated carbocycles. The quantitative estimate of drug-likeness (QED) is 0.775. The molecule has 2 amide bonds. The first kappa shape index (κ1) is 13.4. The monoisotopic (exact) mass is 261 g/mol. The highest BCUT2D eigenvalue weighted by molar-refractivity contribution is 5.98. The Labute approximate surface area is 112 Å². The van der Waals surface area contributed by atoms with Gasteiger partial charge in [0.25, 0.3) is 5.91 Å². The van der Waals surface area contributed by atoms with Crippen LogP contribution in [0.1, 0.15) is 24.2 Å². The van der Waals surface area contributed by atoms with Gasteiger partial charge >= 0.3 is 0 Å². The second kappa shape index (κ2) is 5.30. The Morgan fingerprint density at radius 3 is 2.84 bits per heavy atom. The van der Waals surface area contributed by atoms with Crippen LogP contribution in [0.15, 0.2) is 24.3 Å². The number of nitrogens with one attached hydrogen (secondary N) is 1. The summed E-state index contributed by atoms with van der Waals surface area (Å²) in [6.07, 6.45) is 0. The van der Waals surface area contributed by atoms with Crippen LogP contribution in [0.4, 0.5) is 5.69 Å². The minimum Gasteiger partial charge on any atom is -0.399 e. The number of piperazine rings is 1. The highest BCUT2D eigenvalue weighted by Gasteiger charge is 2.35. The fourth-order valence-corrected chi connectivity index (χ4v) is 2.41. The fraction of sp³-hybridized carbons (Fsp3) is 0.429. The van der Waals surface area contributed by atoms with Crippen molar-refractivity contribution in [3.8, 4) is 0 Å². The van der Waals surface area contributed by atoms with E-state index in [0.717, 1.165) is 0 Å². The summed E-state index contributed by atoms with van der Waals surface area (Å²) in [6, 6.07) is 6.44. The van der Waals surface area contributed by atoms with Crippen LogP contribution in [0.25, 0.3) is 0 Å². The first-order chi connectivity index (χ1) is 9.00. The molecular weight excluding hydrogens is 242 g/mol. The van der Waals surface area contributed by atoms with Crippen molar-refractivity contribution in [2.75, 3.05) is 18.8 Å². The Bertz CT molecular complexity index is 499. The Balaban J connectivity index is 2.28. The molecule has 1 heterocycles. The normalized spacial score (nSPS) is 19.4. The number of nitrogens with two attached hydrogens (primary N) is 1. The lowest BCUT2D eigenvalue weighted by Gasteiger charge is -2.37. The maximum Gasteiger partial charge on any atom is 0.254 e. The molecule has 0 radical (unpaired) electrons. The number of carbonyl (C=O) groups is 2. The summed E-state index contributed by atoms with van der Waals surface area (Å²) in [5.41, 5.74) is 6.78. The maximum absolute atomic E-state index is 12.5. The van der Waals surface area contributed by atoms with E-state index in [4.69, 9.17) is 5.73 Å². The molecule has 19 heavy (non-hydrogen) atoms. The Morgan fingerprint density at radius 2 is 2.21 bits per heavy atom. The van der Waals surface area contributed by atoms with Gasteiger partial charge in [0.1, 0.15) is 6.04 Å². The lowest BCUT2D eigenvalue weighted by molar-refractivity contribution is -0.129. The molecule has 5 heteroatoms. The van der Waals surface area contributed by atoms with E-state index < -0.39 is 6.04 Å². The van der Waals surface area contributed by atoms with Crippen LogP contribution in [-0.4, -0.2) is 35.8 Å². The van der Waals surface area contributed by atoms with Crippen LogP contribution < -0.4 is 11.1 Å². The minimum atomic E-state index is -0.414. The third kappa shape index (κ3) is 2.70. The van der Waals surface area contributed by atoms with Crippen molar-refractivity contribution in [2.45, 2.75) is 19.9 Å². The molecule has 0 aliphatic carbocycles. The van der Waals surface area contributed by atoms with E-state index in [1.54, 1.807) is 29.2 Å². The lowest BCUT2D eigenvalue weighted by Crippen LogP contribution is -2.59. The first-order valence-electron chi connectivity index (χ1n) is 6.45. The van der Waals surface area contributed by atoms with Gasteiger partial charge in [0.15, 0.2) is 0 Å². The second-order valence-corrected chi connectivity index (χ2v) is 5.10. The summed E-state index contributed by atoms with van der Waals surface area (Å²) >= 11 is 0. The van der Waals surface area contributed by atoms with Crippen molar-refractivity contribution >= 4 is 17.5 Å². The second-order valence-electron chi connectivity index (χ2n) is 5.10. The molecule has 1 fully saturated rings. The van der Waals surface area contributed by atoms with Gasteiger partial charge in [0, 0.05) is 24.3 Å². The molecule has 1 aromatic carbocycles. The van der Waals surface area contributed by atoms with Crippen LogP contribution in [0.2, 0.25) is 0 Å². The van der Waals surface area contributed by atoms with Gasteiger partial charge in [-0.25, -0.2) is 0 Å². The highest BCUT2D eigenvalue weighted by Crippen LogP contribution is 2.18. The molecule has 0 aromatic heterocycles. The van der Waals surface area contributed by atoms with E-state index >= 15 is 0 Å². The SMILES string of the molecule is CC(C)C1C(=O)NCCN1C(=O)c1cccc(N)c1. The van der Waals surface area contributed by atoms with Crippen LogP contribution in [0.5, 0.6) is 0 Å². The van der Waals surface area contributed by atoms with Crippen molar-refractivity contribution in [3.05, 3.63) is 29.8 Å². The minimum absolute atomic E-state index is 0.0744. The van der Waals surface area contributed by atoms with E-state index in [1.165, 1.54) is 0 Å². The molecule has 1 aliphatic rings. The first-order valence-corrected chi connectivity index (χ1v) is 6.45. The smallest absolute Gasteiger partial charge is 0.254 e. The summed E-state index contributed by atoms with van der Waals surface area (Å²) in [6.45, 7) is 4.91. The zero-order valence-corrected chi connectivity index (χ0v) is 11.2. The van der Waals surface area contributed by atoms with Gasteiger partial charge in [0.2, 0.25) is 5.91 Å². The number of benzene rings is 1. The lowest BCUT2D eigenvalue weighted by atomic mass is 9.98. The van der Waals surface area contributed by atoms with Gasteiger partial charge in [-0.15, -0.1) is 0 Å². The van der Waals surface area contributed by atoms with Crippen molar-refractivity contribution in [1.82, 2.24) is 10.2 Å². The van der Waals surface area contributed by atoms with Gasteiger partial charge in [-0.1, -0.05) is 19.9 Å². The average molecular weight is 261 g/mol. The summed E-state index contributed by atoms with van der Waals surface area (Å²) in [4.78, 5) is 26.1. The Morgan fingerprint density at radius 1 is 1.47 bits per heavy atom. The van der Waals surface area contributed by atoms with Crippen LogP contribution in [0, 0.1) is 5.92 Å². The molecule has 0 spiro atoms. The number of nitrogens with zero attached hydrogens (tertiary/aromatic N) is 1.